The molecule has 1 amide bonds. The second kappa shape index (κ2) is 11.9. The molecule has 1 saturated carbocycles. The Morgan fingerprint density at radius 2 is 1.73 bits per heavy atom. The van der Waals surface area contributed by atoms with Crippen LogP contribution in [0.1, 0.15) is 61.2 Å². The van der Waals surface area contributed by atoms with Crippen LogP contribution in [-0.4, -0.2) is 42.6 Å². The van der Waals surface area contributed by atoms with Crippen molar-refractivity contribution in [1.82, 2.24) is 24.4 Å². The number of carbonyl (C=O) groups is 1. The topological polar surface area (TPSA) is 98.9 Å². The second-order valence-corrected chi connectivity index (χ2v) is 13.3. The van der Waals surface area contributed by atoms with Crippen molar-refractivity contribution in [2.45, 2.75) is 70.0 Å². The largest absolute Gasteiger partial charge is 0.353 e. The molecule has 4 heterocycles. The van der Waals surface area contributed by atoms with Gasteiger partial charge in [0, 0.05) is 28.6 Å². The van der Waals surface area contributed by atoms with Gasteiger partial charge >= 0.3 is 5.69 Å². The Hall–Kier alpha value is -3.31. The zero-order valence-corrected chi connectivity index (χ0v) is 24.5. The summed E-state index contributed by atoms with van der Waals surface area (Å²) in [7, 11) is 0. The molecule has 0 radical (unpaired) electrons. The molecule has 214 valence electrons. The Labute approximate surface area is 245 Å². The van der Waals surface area contributed by atoms with Crippen molar-refractivity contribution in [3.05, 3.63) is 79.8 Å². The molecule has 1 aromatic carbocycles. The first-order chi connectivity index (χ1) is 19.9. The molecular weight excluding hydrogens is 561 g/mol. The standard InChI is InChI=1S/C30H32FN5O3S2/c1-18-25(34-28(41-18)19-5-3-2-4-6-19)16-26(37)33-21-7-9-22(10-8-21)36-29(38)24-15-20(31)17-32-27(24)35(30(36)39)23-11-13-40-14-12-23/h2-6,15,17,21-23H,7-14,16H2,1H3,(H,33,37). The van der Waals surface area contributed by atoms with Gasteiger partial charge in [0.2, 0.25) is 5.91 Å². The second-order valence-electron chi connectivity index (χ2n) is 10.8. The van der Waals surface area contributed by atoms with Gasteiger partial charge in [-0.05, 0) is 63.0 Å². The molecule has 41 heavy (non-hydrogen) atoms. The molecule has 1 N–H and O–H groups in total. The maximum absolute atomic E-state index is 14.2. The Morgan fingerprint density at radius 3 is 2.46 bits per heavy atom. The van der Waals surface area contributed by atoms with Gasteiger partial charge in [-0.15, -0.1) is 11.3 Å². The first-order valence-electron chi connectivity index (χ1n) is 14.1. The van der Waals surface area contributed by atoms with Gasteiger partial charge in [0.15, 0.2) is 0 Å². The van der Waals surface area contributed by atoms with Crippen molar-refractivity contribution >= 4 is 40.0 Å². The van der Waals surface area contributed by atoms with E-state index in [9.17, 15) is 18.8 Å². The van der Waals surface area contributed by atoms with E-state index in [1.807, 2.05) is 49.0 Å². The summed E-state index contributed by atoms with van der Waals surface area (Å²) >= 11 is 3.43. The Bertz CT molecular complexity index is 1690. The van der Waals surface area contributed by atoms with Crippen LogP contribution in [0.2, 0.25) is 0 Å². The van der Waals surface area contributed by atoms with Crippen LogP contribution in [-0.2, 0) is 11.2 Å². The summed E-state index contributed by atoms with van der Waals surface area (Å²) < 4.78 is 17.1. The normalized spacial score (nSPS) is 19.9. The van der Waals surface area contributed by atoms with Crippen LogP contribution in [0, 0.1) is 12.7 Å². The fourth-order valence-corrected chi connectivity index (χ4v) is 8.02. The summed E-state index contributed by atoms with van der Waals surface area (Å²) in [6, 6.07) is 10.7. The number of pyridine rings is 1. The van der Waals surface area contributed by atoms with Crippen molar-refractivity contribution in [1.29, 1.82) is 0 Å². The van der Waals surface area contributed by atoms with Crippen LogP contribution in [0.25, 0.3) is 21.6 Å². The molecule has 4 aromatic rings. The average molecular weight is 594 g/mol. The van der Waals surface area contributed by atoms with Gasteiger partial charge in [-0.25, -0.2) is 19.2 Å². The number of rotatable bonds is 6. The van der Waals surface area contributed by atoms with Gasteiger partial charge in [0.1, 0.15) is 16.5 Å². The van der Waals surface area contributed by atoms with Gasteiger partial charge < -0.3 is 5.32 Å². The SMILES string of the molecule is Cc1sc(-c2ccccc2)nc1CC(=O)NC1CCC(n2c(=O)c3cc(F)cnc3n(C3CCSCC3)c2=O)CC1. The van der Waals surface area contributed by atoms with E-state index in [-0.39, 0.29) is 47.2 Å². The number of hydrogen-bond acceptors (Lipinski definition) is 7. The number of aryl methyl sites for hydroxylation is 1. The highest BCUT2D eigenvalue weighted by molar-refractivity contribution is 7.99. The molecule has 2 fully saturated rings. The fourth-order valence-electron chi connectivity index (χ4n) is 6.00. The lowest BCUT2D eigenvalue weighted by atomic mass is 9.90. The monoisotopic (exact) mass is 593 g/mol. The van der Waals surface area contributed by atoms with Gasteiger partial charge in [-0.1, -0.05) is 30.3 Å². The summed E-state index contributed by atoms with van der Waals surface area (Å²) in [6.45, 7) is 1.99. The highest BCUT2D eigenvalue weighted by atomic mass is 32.2. The molecule has 2 aliphatic rings. The number of aromatic nitrogens is 4. The minimum atomic E-state index is -0.594. The van der Waals surface area contributed by atoms with Crippen LogP contribution in [0.5, 0.6) is 0 Å². The molecule has 0 unspecified atom stereocenters. The van der Waals surface area contributed by atoms with E-state index in [2.05, 4.69) is 10.3 Å². The molecule has 8 nitrogen and oxygen atoms in total. The molecule has 0 bridgehead atoms. The molecule has 0 atom stereocenters. The maximum atomic E-state index is 14.2. The average Bonchev–Trinajstić information content (AvgIpc) is 3.35. The lowest BCUT2D eigenvalue weighted by Crippen LogP contribution is -2.46. The first kappa shape index (κ1) is 27.8. The van der Waals surface area contributed by atoms with E-state index < -0.39 is 11.4 Å². The van der Waals surface area contributed by atoms with Crippen LogP contribution < -0.4 is 16.6 Å². The maximum Gasteiger partial charge on any atom is 0.333 e. The molecule has 6 rings (SSSR count). The summed E-state index contributed by atoms with van der Waals surface area (Å²) in [6.07, 6.45) is 5.33. The molecule has 1 aliphatic carbocycles. The molecular formula is C30H32FN5O3S2. The van der Waals surface area contributed by atoms with Gasteiger partial charge in [0.25, 0.3) is 5.56 Å². The highest BCUT2D eigenvalue weighted by Crippen LogP contribution is 2.31. The lowest BCUT2D eigenvalue weighted by Gasteiger charge is -2.31. The number of hydrogen-bond donors (Lipinski definition) is 1. The van der Waals surface area contributed by atoms with E-state index >= 15 is 0 Å². The van der Waals surface area contributed by atoms with Crippen LogP contribution >= 0.6 is 23.1 Å². The third-order valence-electron chi connectivity index (χ3n) is 8.15. The Balaban J connectivity index is 1.17. The molecule has 3 aromatic heterocycles. The summed E-state index contributed by atoms with van der Waals surface area (Å²) in [5.74, 6) is 1.18. The van der Waals surface area contributed by atoms with Gasteiger partial charge in [-0.2, -0.15) is 11.8 Å². The number of thiazole rings is 1. The van der Waals surface area contributed by atoms with Crippen LogP contribution in [0.4, 0.5) is 4.39 Å². The molecule has 0 spiro atoms. The van der Waals surface area contributed by atoms with E-state index in [1.54, 1.807) is 15.9 Å². The van der Waals surface area contributed by atoms with E-state index in [4.69, 9.17) is 4.98 Å². The van der Waals surface area contributed by atoms with Crippen molar-refractivity contribution in [3.8, 4) is 10.6 Å². The molecule has 1 aliphatic heterocycles. The summed E-state index contributed by atoms with van der Waals surface area (Å²) in [5.41, 5.74) is 1.24. The number of fused-ring (bicyclic) bond motifs is 1. The third kappa shape index (κ3) is 5.74. The smallest absolute Gasteiger partial charge is 0.333 e. The predicted molar refractivity (Wildman–Crippen MR) is 161 cm³/mol. The number of amides is 1. The van der Waals surface area contributed by atoms with E-state index in [0.717, 1.165) is 51.7 Å². The summed E-state index contributed by atoms with van der Waals surface area (Å²) in [5, 5.41) is 4.19. The number of benzene rings is 1. The lowest BCUT2D eigenvalue weighted by molar-refractivity contribution is -0.121. The zero-order chi connectivity index (χ0) is 28.5. The third-order valence-corrected chi connectivity index (χ3v) is 10.3. The quantitative estimate of drug-likeness (QED) is 0.336. The number of nitrogens with one attached hydrogen (secondary N) is 1. The van der Waals surface area contributed by atoms with Crippen molar-refractivity contribution in [3.63, 3.8) is 0 Å². The zero-order valence-electron chi connectivity index (χ0n) is 22.8. The van der Waals surface area contributed by atoms with E-state index in [1.165, 1.54) is 10.6 Å². The minimum Gasteiger partial charge on any atom is -0.353 e. The first-order valence-corrected chi connectivity index (χ1v) is 16.1. The molecule has 11 heteroatoms. The summed E-state index contributed by atoms with van der Waals surface area (Å²) in [4.78, 5) is 50.2. The highest BCUT2D eigenvalue weighted by Gasteiger charge is 2.30. The van der Waals surface area contributed by atoms with Crippen molar-refractivity contribution < 1.29 is 9.18 Å². The number of nitrogens with zero attached hydrogens (tertiary/aromatic N) is 4. The van der Waals surface area contributed by atoms with Crippen LogP contribution in [0.3, 0.4) is 0 Å². The molecule has 1 saturated heterocycles. The van der Waals surface area contributed by atoms with Gasteiger partial charge in [-0.3, -0.25) is 18.7 Å². The van der Waals surface area contributed by atoms with Crippen molar-refractivity contribution in [2.75, 3.05) is 11.5 Å². The fraction of sp³-hybridized carbons (Fsp3) is 0.433. The van der Waals surface area contributed by atoms with E-state index in [0.29, 0.717) is 25.7 Å². The van der Waals surface area contributed by atoms with Crippen LogP contribution in [0.15, 0.2) is 52.2 Å². The number of carbonyl (C=O) groups excluding carboxylic acids is 1. The van der Waals surface area contributed by atoms with Gasteiger partial charge in [0.05, 0.1) is 23.7 Å². The minimum absolute atomic E-state index is 0.0425. The van der Waals surface area contributed by atoms with Crippen molar-refractivity contribution in [2.24, 2.45) is 0 Å². The Morgan fingerprint density at radius 1 is 1.02 bits per heavy atom. The predicted octanol–water partition coefficient (Wildman–Crippen LogP) is 5.04. The Kier molecular flexibility index (Phi) is 8.07. The number of thioether (sulfide) groups is 1. The number of halogens is 1.